The van der Waals surface area contributed by atoms with Crippen LogP contribution in [-0.2, 0) is 9.53 Å². The summed E-state index contributed by atoms with van der Waals surface area (Å²) in [5.74, 6) is 0.945. The number of carbonyl (C=O) groups is 1. The van der Waals surface area contributed by atoms with Crippen molar-refractivity contribution in [3.05, 3.63) is 16.9 Å². The van der Waals surface area contributed by atoms with Gasteiger partial charge in [0.1, 0.15) is 0 Å². The van der Waals surface area contributed by atoms with E-state index in [0.29, 0.717) is 12.3 Å². The van der Waals surface area contributed by atoms with Gasteiger partial charge in [-0.2, -0.15) is 0 Å². The van der Waals surface area contributed by atoms with E-state index in [1.54, 1.807) is 12.4 Å². The molecule has 0 N–H and O–H groups in total. The van der Waals surface area contributed by atoms with Crippen LogP contribution in [0.3, 0.4) is 0 Å². The molecule has 20 heavy (non-hydrogen) atoms. The Kier molecular flexibility index (Phi) is 5.34. The van der Waals surface area contributed by atoms with Gasteiger partial charge in [-0.1, -0.05) is 0 Å². The number of hydrogen-bond acceptors (Lipinski definition) is 5. The second-order valence-electron chi connectivity index (χ2n) is 5.40. The molecule has 0 amide bonds. The molecule has 2 heterocycles. The standard InChI is InChI=1S/C14H20BrN3O2/c1-10(2)20-13(19)6-11-4-3-5-18(9-11)14-16-7-12(15)8-17-14/h7-8,10-11H,3-6,9H2,1-2H3. The summed E-state index contributed by atoms with van der Waals surface area (Å²) in [7, 11) is 0. The molecule has 2 rings (SSSR count). The van der Waals surface area contributed by atoms with Gasteiger partial charge in [0.05, 0.1) is 17.0 Å². The summed E-state index contributed by atoms with van der Waals surface area (Å²) >= 11 is 3.33. The monoisotopic (exact) mass is 341 g/mol. The van der Waals surface area contributed by atoms with E-state index in [1.807, 2.05) is 13.8 Å². The molecule has 0 radical (unpaired) electrons. The minimum Gasteiger partial charge on any atom is -0.463 e. The number of anilines is 1. The molecule has 0 aliphatic carbocycles. The smallest absolute Gasteiger partial charge is 0.306 e. The number of esters is 1. The molecule has 1 aliphatic rings. The Labute approximate surface area is 127 Å². The summed E-state index contributed by atoms with van der Waals surface area (Å²) in [6.45, 7) is 5.51. The van der Waals surface area contributed by atoms with Crippen molar-refractivity contribution in [1.82, 2.24) is 9.97 Å². The summed E-state index contributed by atoms with van der Waals surface area (Å²) in [4.78, 5) is 22.5. The van der Waals surface area contributed by atoms with Crippen molar-refractivity contribution >= 4 is 27.8 Å². The molecule has 0 bridgehead atoms. The van der Waals surface area contributed by atoms with Crippen LogP contribution in [0.15, 0.2) is 16.9 Å². The predicted octanol–water partition coefficient (Wildman–Crippen LogP) is 2.80. The van der Waals surface area contributed by atoms with Gasteiger partial charge in [-0.3, -0.25) is 4.79 Å². The molecule has 0 aromatic carbocycles. The fraction of sp³-hybridized carbons (Fsp3) is 0.643. The van der Waals surface area contributed by atoms with E-state index < -0.39 is 0 Å². The summed E-state index contributed by atoms with van der Waals surface area (Å²) in [5, 5.41) is 0. The normalized spacial score (nSPS) is 19.2. The summed E-state index contributed by atoms with van der Waals surface area (Å²) in [6.07, 6.45) is 6.04. The van der Waals surface area contributed by atoms with Gasteiger partial charge in [0.25, 0.3) is 0 Å². The lowest BCUT2D eigenvalue weighted by Crippen LogP contribution is -2.37. The zero-order valence-electron chi connectivity index (χ0n) is 11.9. The van der Waals surface area contributed by atoms with Crippen LogP contribution in [-0.4, -0.2) is 35.1 Å². The third-order valence-electron chi connectivity index (χ3n) is 3.23. The Balaban J connectivity index is 1.91. The molecule has 1 aromatic heterocycles. The molecular formula is C14H20BrN3O2. The fourth-order valence-electron chi connectivity index (χ4n) is 2.43. The molecule has 1 atom stereocenters. The predicted molar refractivity (Wildman–Crippen MR) is 80.5 cm³/mol. The van der Waals surface area contributed by atoms with E-state index in [9.17, 15) is 4.79 Å². The summed E-state index contributed by atoms with van der Waals surface area (Å²) in [5.41, 5.74) is 0. The van der Waals surface area contributed by atoms with Crippen molar-refractivity contribution in [2.75, 3.05) is 18.0 Å². The van der Waals surface area contributed by atoms with Gasteiger partial charge in [0.15, 0.2) is 0 Å². The van der Waals surface area contributed by atoms with Crippen LogP contribution < -0.4 is 4.90 Å². The Morgan fingerprint density at radius 3 is 2.85 bits per heavy atom. The number of nitrogens with zero attached hydrogens (tertiary/aromatic N) is 3. The minimum absolute atomic E-state index is 0.0444. The SMILES string of the molecule is CC(C)OC(=O)CC1CCCN(c2ncc(Br)cn2)C1. The van der Waals surface area contributed by atoms with Gasteiger partial charge in [-0.25, -0.2) is 9.97 Å². The molecule has 1 fully saturated rings. The average molecular weight is 342 g/mol. The zero-order valence-corrected chi connectivity index (χ0v) is 13.5. The molecule has 1 saturated heterocycles. The van der Waals surface area contributed by atoms with E-state index in [4.69, 9.17) is 4.74 Å². The van der Waals surface area contributed by atoms with E-state index >= 15 is 0 Å². The highest BCUT2D eigenvalue weighted by atomic mass is 79.9. The third kappa shape index (κ3) is 4.44. The Hall–Kier alpha value is -1.17. The van der Waals surface area contributed by atoms with Crippen molar-refractivity contribution < 1.29 is 9.53 Å². The zero-order chi connectivity index (χ0) is 14.5. The summed E-state index contributed by atoms with van der Waals surface area (Å²) in [6, 6.07) is 0. The van der Waals surface area contributed by atoms with Crippen molar-refractivity contribution in [3.63, 3.8) is 0 Å². The van der Waals surface area contributed by atoms with E-state index in [-0.39, 0.29) is 12.1 Å². The lowest BCUT2D eigenvalue weighted by molar-refractivity contribution is -0.148. The van der Waals surface area contributed by atoms with Gasteiger partial charge in [-0.15, -0.1) is 0 Å². The van der Waals surface area contributed by atoms with E-state index in [2.05, 4.69) is 30.8 Å². The number of hydrogen-bond donors (Lipinski definition) is 0. The van der Waals surface area contributed by atoms with Gasteiger partial charge in [0.2, 0.25) is 5.95 Å². The second-order valence-corrected chi connectivity index (χ2v) is 6.31. The molecular weight excluding hydrogens is 322 g/mol. The van der Waals surface area contributed by atoms with Crippen LogP contribution in [0, 0.1) is 5.92 Å². The number of aromatic nitrogens is 2. The van der Waals surface area contributed by atoms with Crippen molar-refractivity contribution in [2.24, 2.45) is 5.92 Å². The van der Waals surface area contributed by atoms with Gasteiger partial charge in [-0.05, 0) is 48.5 Å². The highest BCUT2D eigenvalue weighted by Crippen LogP contribution is 2.23. The molecule has 6 heteroatoms. The number of ether oxygens (including phenoxy) is 1. The highest BCUT2D eigenvalue weighted by molar-refractivity contribution is 9.10. The lowest BCUT2D eigenvalue weighted by atomic mass is 9.95. The fourth-order valence-corrected chi connectivity index (χ4v) is 2.63. The average Bonchev–Trinajstić information content (AvgIpc) is 2.38. The van der Waals surface area contributed by atoms with Crippen molar-refractivity contribution in [2.45, 2.75) is 39.2 Å². The van der Waals surface area contributed by atoms with Crippen LogP contribution in [0.25, 0.3) is 0 Å². The molecule has 0 saturated carbocycles. The van der Waals surface area contributed by atoms with Crippen LogP contribution in [0.5, 0.6) is 0 Å². The van der Waals surface area contributed by atoms with Crippen LogP contribution >= 0.6 is 15.9 Å². The number of rotatable bonds is 4. The first-order valence-electron chi connectivity index (χ1n) is 6.96. The molecule has 1 aromatic rings. The Bertz CT molecular complexity index is 450. The van der Waals surface area contributed by atoms with Crippen LogP contribution in [0.4, 0.5) is 5.95 Å². The van der Waals surface area contributed by atoms with Gasteiger partial charge >= 0.3 is 5.97 Å². The lowest BCUT2D eigenvalue weighted by Gasteiger charge is -2.32. The number of piperidine rings is 1. The van der Waals surface area contributed by atoms with Gasteiger partial charge in [0, 0.05) is 25.5 Å². The van der Waals surface area contributed by atoms with Crippen molar-refractivity contribution in [1.29, 1.82) is 0 Å². The number of halogens is 1. The van der Waals surface area contributed by atoms with E-state index in [0.717, 1.165) is 36.4 Å². The quantitative estimate of drug-likeness (QED) is 0.788. The first-order valence-corrected chi connectivity index (χ1v) is 7.76. The maximum Gasteiger partial charge on any atom is 0.306 e. The third-order valence-corrected chi connectivity index (χ3v) is 3.64. The molecule has 0 spiro atoms. The molecule has 110 valence electrons. The maximum atomic E-state index is 11.7. The maximum absolute atomic E-state index is 11.7. The van der Waals surface area contributed by atoms with Gasteiger partial charge < -0.3 is 9.64 Å². The largest absolute Gasteiger partial charge is 0.463 e. The number of carbonyl (C=O) groups excluding carboxylic acids is 1. The van der Waals surface area contributed by atoms with Crippen LogP contribution in [0.1, 0.15) is 33.1 Å². The Morgan fingerprint density at radius 2 is 2.20 bits per heavy atom. The van der Waals surface area contributed by atoms with Crippen molar-refractivity contribution in [3.8, 4) is 0 Å². The molecule has 1 aliphatic heterocycles. The first kappa shape index (κ1) is 15.2. The molecule has 1 unspecified atom stereocenters. The first-order chi connectivity index (χ1) is 9.54. The van der Waals surface area contributed by atoms with Crippen LogP contribution in [0.2, 0.25) is 0 Å². The minimum atomic E-state index is -0.108. The highest BCUT2D eigenvalue weighted by Gasteiger charge is 2.24. The molecule has 5 nitrogen and oxygen atoms in total. The topological polar surface area (TPSA) is 55.3 Å². The van der Waals surface area contributed by atoms with E-state index in [1.165, 1.54) is 0 Å². The Morgan fingerprint density at radius 1 is 1.50 bits per heavy atom. The second kappa shape index (κ2) is 7.02. The summed E-state index contributed by atoms with van der Waals surface area (Å²) < 4.78 is 6.09.